The molecule has 2 aromatic rings. The molecular weight excluding hydrogens is 352 g/mol. The Hall–Kier alpha value is -2.82. The summed E-state index contributed by atoms with van der Waals surface area (Å²) < 4.78 is 5.69. The van der Waals surface area contributed by atoms with Gasteiger partial charge in [0, 0.05) is 18.7 Å². The second kappa shape index (κ2) is 11.1. The van der Waals surface area contributed by atoms with E-state index in [0.717, 1.165) is 29.7 Å². The van der Waals surface area contributed by atoms with Crippen molar-refractivity contribution in [3.8, 4) is 5.75 Å². The van der Waals surface area contributed by atoms with Crippen LogP contribution in [0.5, 0.6) is 5.75 Å². The number of unbranched alkanes of at least 4 members (excludes halogenated alkanes) is 1. The minimum Gasteiger partial charge on any atom is -0.493 e. The fraction of sp³-hybridized carbons (Fsp3) is 0.391. The van der Waals surface area contributed by atoms with Crippen molar-refractivity contribution < 1.29 is 14.3 Å². The minimum absolute atomic E-state index is 0.0624. The molecule has 0 aromatic heterocycles. The van der Waals surface area contributed by atoms with Gasteiger partial charge in [0.25, 0.3) is 5.91 Å². The van der Waals surface area contributed by atoms with E-state index < -0.39 is 0 Å². The third-order valence-electron chi connectivity index (χ3n) is 4.44. The maximum Gasteiger partial charge on any atom is 0.251 e. The molecule has 5 nitrogen and oxygen atoms in total. The molecule has 0 aliphatic rings. The maximum atomic E-state index is 12.0. The van der Waals surface area contributed by atoms with Crippen LogP contribution in [-0.2, 0) is 11.3 Å². The zero-order chi connectivity index (χ0) is 20.4. The lowest BCUT2D eigenvalue weighted by atomic mass is 10.1. The molecule has 2 aromatic carbocycles. The average molecular weight is 383 g/mol. The van der Waals surface area contributed by atoms with Crippen LogP contribution in [0.4, 0.5) is 0 Å². The lowest BCUT2D eigenvalue weighted by molar-refractivity contribution is -0.121. The van der Waals surface area contributed by atoms with Gasteiger partial charge >= 0.3 is 0 Å². The number of aryl methyl sites for hydroxylation is 2. The smallest absolute Gasteiger partial charge is 0.251 e. The molecule has 28 heavy (non-hydrogen) atoms. The van der Waals surface area contributed by atoms with Crippen LogP contribution < -0.4 is 15.4 Å². The predicted molar refractivity (Wildman–Crippen MR) is 112 cm³/mol. The molecule has 5 heteroatoms. The Bertz CT molecular complexity index is 785. The Morgan fingerprint density at radius 3 is 2.43 bits per heavy atom. The van der Waals surface area contributed by atoms with Gasteiger partial charge in [-0.2, -0.15) is 0 Å². The quantitative estimate of drug-likeness (QED) is 0.612. The van der Waals surface area contributed by atoms with Crippen LogP contribution in [0.3, 0.4) is 0 Å². The van der Waals surface area contributed by atoms with Crippen LogP contribution in [-0.4, -0.2) is 25.0 Å². The zero-order valence-electron chi connectivity index (χ0n) is 17.0. The zero-order valence-corrected chi connectivity index (χ0v) is 17.0. The first-order chi connectivity index (χ1) is 13.5. The summed E-state index contributed by atoms with van der Waals surface area (Å²) in [4.78, 5) is 24.0. The first-order valence-electron chi connectivity index (χ1n) is 9.83. The Kier molecular flexibility index (Phi) is 8.53. The van der Waals surface area contributed by atoms with Crippen molar-refractivity contribution in [2.45, 2.75) is 46.6 Å². The van der Waals surface area contributed by atoms with Crippen molar-refractivity contribution in [2.75, 3.05) is 13.2 Å². The van der Waals surface area contributed by atoms with Crippen LogP contribution in [0.25, 0.3) is 0 Å². The molecule has 150 valence electrons. The molecule has 0 fully saturated rings. The number of carbonyl (C=O) groups excluding carboxylic acids is 2. The van der Waals surface area contributed by atoms with Crippen LogP contribution in [0, 0.1) is 13.8 Å². The minimum atomic E-state index is -0.0638. The second-order valence-electron chi connectivity index (χ2n) is 6.95. The molecule has 2 N–H and O–H groups in total. The monoisotopic (exact) mass is 382 g/mol. The molecule has 0 unspecified atom stereocenters. The van der Waals surface area contributed by atoms with Gasteiger partial charge in [-0.05, 0) is 49.6 Å². The molecular formula is C23H30N2O3. The van der Waals surface area contributed by atoms with Gasteiger partial charge in [0.15, 0.2) is 0 Å². The Morgan fingerprint density at radius 1 is 1.00 bits per heavy atom. The molecule has 2 rings (SSSR count). The van der Waals surface area contributed by atoms with Gasteiger partial charge < -0.3 is 15.4 Å². The largest absolute Gasteiger partial charge is 0.493 e. The molecule has 0 spiro atoms. The summed E-state index contributed by atoms with van der Waals surface area (Å²) in [7, 11) is 0. The van der Waals surface area contributed by atoms with E-state index in [2.05, 4.69) is 23.6 Å². The van der Waals surface area contributed by atoms with E-state index in [-0.39, 0.29) is 11.8 Å². The summed E-state index contributed by atoms with van der Waals surface area (Å²) in [5.74, 6) is 0.685. The maximum absolute atomic E-state index is 12.0. The molecule has 0 aliphatic carbocycles. The first kappa shape index (κ1) is 21.5. The fourth-order valence-electron chi connectivity index (χ4n) is 2.76. The van der Waals surface area contributed by atoms with Gasteiger partial charge in [0.2, 0.25) is 5.91 Å². The number of nitrogens with one attached hydrogen (secondary N) is 2. The van der Waals surface area contributed by atoms with E-state index in [4.69, 9.17) is 4.74 Å². The normalized spacial score (nSPS) is 10.4. The van der Waals surface area contributed by atoms with Crippen LogP contribution >= 0.6 is 0 Å². The number of amides is 2. The fourth-order valence-corrected chi connectivity index (χ4v) is 2.76. The van der Waals surface area contributed by atoms with E-state index in [1.807, 2.05) is 38.1 Å². The number of ether oxygens (including phenoxy) is 1. The van der Waals surface area contributed by atoms with Crippen LogP contribution in [0.2, 0.25) is 0 Å². The van der Waals surface area contributed by atoms with Crippen molar-refractivity contribution in [1.82, 2.24) is 10.6 Å². The summed E-state index contributed by atoms with van der Waals surface area (Å²) in [5, 5.41) is 5.77. The summed E-state index contributed by atoms with van der Waals surface area (Å²) in [6.07, 6.45) is 2.32. The van der Waals surface area contributed by atoms with Crippen molar-refractivity contribution in [1.29, 1.82) is 0 Å². The SMILES string of the molecule is CCCCNC(=O)c1ccc(CNC(=O)CCOc2ccc(C)cc2C)cc1. The van der Waals surface area contributed by atoms with Crippen molar-refractivity contribution >= 4 is 11.8 Å². The second-order valence-corrected chi connectivity index (χ2v) is 6.95. The number of rotatable bonds is 10. The van der Waals surface area contributed by atoms with Gasteiger partial charge in [0.1, 0.15) is 5.75 Å². The Morgan fingerprint density at radius 2 is 1.75 bits per heavy atom. The van der Waals surface area contributed by atoms with Crippen molar-refractivity contribution in [2.24, 2.45) is 0 Å². The number of carbonyl (C=O) groups is 2. The van der Waals surface area contributed by atoms with Crippen molar-refractivity contribution in [3.05, 3.63) is 64.7 Å². The highest BCUT2D eigenvalue weighted by molar-refractivity contribution is 5.94. The number of benzene rings is 2. The van der Waals surface area contributed by atoms with E-state index in [9.17, 15) is 9.59 Å². The molecule has 0 atom stereocenters. The molecule has 2 amide bonds. The van der Waals surface area contributed by atoms with Gasteiger partial charge in [-0.25, -0.2) is 0 Å². The highest BCUT2D eigenvalue weighted by Crippen LogP contribution is 2.18. The van der Waals surface area contributed by atoms with E-state index in [1.165, 1.54) is 5.56 Å². The van der Waals surface area contributed by atoms with Crippen molar-refractivity contribution in [3.63, 3.8) is 0 Å². The lowest BCUT2D eigenvalue weighted by Gasteiger charge is -2.10. The van der Waals surface area contributed by atoms with Crippen LogP contribution in [0.1, 0.15) is 53.2 Å². The van der Waals surface area contributed by atoms with Gasteiger partial charge in [-0.1, -0.05) is 43.2 Å². The predicted octanol–water partition coefficient (Wildman–Crippen LogP) is 3.92. The van der Waals surface area contributed by atoms with Gasteiger partial charge in [0.05, 0.1) is 13.0 Å². The third kappa shape index (κ3) is 7.06. The highest BCUT2D eigenvalue weighted by Gasteiger charge is 2.06. The van der Waals surface area contributed by atoms with Gasteiger partial charge in [-0.15, -0.1) is 0 Å². The van der Waals surface area contributed by atoms with Crippen LogP contribution in [0.15, 0.2) is 42.5 Å². The molecule has 0 bridgehead atoms. The number of hydrogen-bond acceptors (Lipinski definition) is 3. The first-order valence-corrected chi connectivity index (χ1v) is 9.83. The molecule has 0 saturated heterocycles. The van der Waals surface area contributed by atoms with Gasteiger partial charge in [-0.3, -0.25) is 9.59 Å². The summed E-state index contributed by atoms with van der Waals surface area (Å²) in [6.45, 7) is 7.58. The lowest BCUT2D eigenvalue weighted by Crippen LogP contribution is -2.25. The topological polar surface area (TPSA) is 67.4 Å². The third-order valence-corrected chi connectivity index (χ3v) is 4.44. The summed E-state index contributed by atoms with van der Waals surface area (Å²) in [5.41, 5.74) is 3.84. The summed E-state index contributed by atoms with van der Waals surface area (Å²) in [6, 6.07) is 13.3. The molecule has 0 aliphatic heterocycles. The van der Waals surface area contributed by atoms with E-state index >= 15 is 0 Å². The number of hydrogen-bond donors (Lipinski definition) is 2. The standard InChI is InChI=1S/C23H30N2O3/c1-4-5-13-24-23(27)20-9-7-19(8-10-20)16-25-22(26)12-14-28-21-11-6-17(2)15-18(21)3/h6-11,15H,4-5,12-14,16H2,1-3H3,(H,24,27)(H,25,26). The highest BCUT2D eigenvalue weighted by atomic mass is 16.5. The van der Waals surface area contributed by atoms with E-state index in [1.54, 1.807) is 12.1 Å². The molecule has 0 heterocycles. The van der Waals surface area contributed by atoms with E-state index in [0.29, 0.717) is 31.7 Å². The average Bonchev–Trinajstić information content (AvgIpc) is 2.68. The Labute approximate surface area is 167 Å². The molecule has 0 saturated carbocycles. The summed E-state index contributed by atoms with van der Waals surface area (Å²) >= 11 is 0. The molecule has 0 radical (unpaired) electrons. The Balaban J connectivity index is 1.71.